The van der Waals surface area contributed by atoms with Crippen molar-refractivity contribution in [3.8, 4) is 6.07 Å². The van der Waals surface area contributed by atoms with Gasteiger partial charge in [-0.1, -0.05) is 12.8 Å². The van der Waals surface area contributed by atoms with Crippen LogP contribution in [0.1, 0.15) is 32.1 Å². The molecule has 20 heavy (non-hydrogen) atoms. The van der Waals surface area contributed by atoms with E-state index in [0.29, 0.717) is 25.4 Å². The normalized spacial score (nSPS) is 29.3. The molecule has 0 radical (unpaired) electrons. The van der Waals surface area contributed by atoms with Gasteiger partial charge in [0.2, 0.25) is 5.91 Å². The van der Waals surface area contributed by atoms with Crippen LogP contribution in [0.2, 0.25) is 0 Å². The first kappa shape index (κ1) is 15.3. The van der Waals surface area contributed by atoms with Crippen molar-refractivity contribution in [2.75, 3.05) is 34.3 Å². The Kier molecular flexibility index (Phi) is 4.66. The second-order valence-electron chi connectivity index (χ2n) is 6.27. The number of methoxy groups -OCH3 is 1. The number of carbonyl (C=O) groups excluding carboxylic acids is 1. The van der Waals surface area contributed by atoms with Gasteiger partial charge in [-0.15, -0.1) is 0 Å². The van der Waals surface area contributed by atoms with E-state index in [9.17, 15) is 10.1 Å². The SMILES string of the molecule is CO[C@H]1C[C@@H](CN(C)C(=O)C2(C#N)CCCC2)N(C)C1. The largest absolute Gasteiger partial charge is 0.380 e. The highest BCUT2D eigenvalue weighted by molar-refractivity contribution is 5.85. The van der Waals surface area contributed by atoms with E-state index in [-0.39, 0.29) is 12.0 Å². The molecule has 1 saturated heterocycles. The molecule has 5 nitrogen and oxygen atoms in total. The molecule has 0 aromatic carbocycles. The highest BCUT2D eigenvalue weighted by Crippen LogP contribution is 2.39. The maximum atomic E-state index is 12.6. The number of nitrogens with zero attached hydrogens (tertiary/aromatic N) is 3. The van der Waals surface area contributed by atoms with E-state index in [1.54, 1.807) is 12.0 Å². The zero-order chi connectivity index (χ0) is 14.8. The lowest BCUT2D eigenvalue weighted by Crippen LogP contribution is -2.45. The molecule has 2 aliphatic rings. The van der Waals surface area contributed by atoms with E-state index >= 15 is 0 Å². The van der Waals surface area contributed by atoms with Crippen LogP contribution in [0.3, 0.4) is 0 Å². The van der Waals surface area contributed by atoms with Gasteiger partial charge in [0.25, 0.3) is 0 Å². The Bertz CT molecular complexity index is 398. The summed E-state index contributed by atoms with van der Waals surface area (Å²) in [5, 5.41) is 9.40. The molecule has 1 saturated carbocycles. The summed E-state index contributed by atoms with van der Waals surface area (Å²) in [6.07, 6.45) is 4.61. The number of hydrogen-bond acceptors (Lipinski definition) is 4. The van der Waals surface area contributed by atoms with Crippen molar-refractivity contribution < 1.29 is 9.53 Å². The summed E-state index contributed by atoms with van der Waals surface area (Å²) in [7, 11) is 5.63. The number of likely N-dealkylation sites (tertiary alicyclic amines) is 1. The summed E-state index contributed by atoms with van der Waals surface area (Å²) in [5.74, 6) is 0.00627. The van der Waals surface area contributed by atoms with Crippen LogP contribution in [0.4, 0.5) is 0 Å². The van der Waals surface area contributed by atoms with Crippen LogP contribution in [-0.4, -0.2) is 62.1 Å². The number of amides is 1. The first-order valence-corrected chi connectivity index (χ1v) is 7.42. The van der Waals surface area contributed by atoms with Gasteiger partial charge in [0, 0.05) is 33.3 Å². The number of rotatable bonds is 4. The third-order valence-electron chi connectivity index (χ3n) is 4.90. The molecule has 0 bridgehead atoms. The topological polar surface area (TPSA) is 56.6 Å². The van der Waals surface area contributed by atoms with Crippen molar-refractivity contribution in [3.63, 3.8) is 0 Å². The lowest BCUT2D eigenvalue weighted by Gasteiger charge is -2.30. The number of ether oxygens (including phenoxy) is 1. The molecule has 0 aromatic heterocycles. The summed E-state index contributed by atoms with van der Waals surface area (Å²) in [6.45, 7) is 1.59. The van der Waals surface area contributed by atoms with Crippen molar-refractivity contribution in [1.29, 1.82) is 5.26 Å². The molecule has 112 valence electrons. The van der Waals surface area contributed by atoms with Crippen LogP contribution < -0.4 is 0 Å². The minimum Gasteiger partial charge on any atom is -0.380 e. The van der Waals surface area contributed by atoms with Gasteiger partial charge in [0.05, 0.1) is 12.2 Å². The molecule has 2 rings (SSSR count). The van der Waals surface area contributed by atoms with Crippen LogP contribution >= 0.6 is 0 Å². The molecule has 0 spiro atoms. The summed E-state index contributed by atoms with van der Waals surface area (Å²) in [4.78, 5) is 16.6. The fourth-order valence-corrected chi connectivity index (χ4v) is 3.53. The van der Waals surface area contributed by atoms with E-state index < -0.39 is 5.41 Å². The fraction of sp³-hybridized carbons (Fsp3) is 0.867. The maximum absolute atomic E-state index is 12.6. The van der Waals surface area contributed by atoms with E-state index in [4.69, 9.17) is 4.74 Å². The van der Waals surface area contributed by atoms with E-state index in [1.807, 2.05) is 7.05 Å². The summed E-state index contributed by atoms with van der Waals surface area (Å²) < 4.78 is 5.40. The predicted molar refractivity (Wildman–Crippen MR) is 76.0 cm³/mol. The fourth-order valence-electron chi connectivity index (χ4n) is 3.53. The molecule has 0 unspecified atom stereocenters. The van der Waals surface area contributed by atoms with Gasteiger partial charge in [-0.05, 0) is 26.3 Å². The van der Waals surface area contributed by atoms with E-state index in [2.05, 4.69) is 18.0 Å². The molecule has 2 fully saturated rings. The third-order valence-corrected chi connectivity index (χ3v) is 4.90. The quantitative estimate of drug-likeness (QED) is 0.777. The average molecular weight is 279 g/mol. The summed E-state index contributed by atoms with van der Waals surface area (Å²) in [6, 6.07) is 2.61. The Morgan fingerprint density at radius 1 is 1.50 bits per heavy atom. The van der Waals surface area contributed by atoms with E-state index in [0.717, 1.165) is 25.8 Å². The second-order valence-corrected chi connectivity index (χ2v) is 6.27. The molecule has 0 N–H and O–H groups in total. The lowest BCUT2D eigenvalue weighted by atomic mass is 9.86. The Hall–Kier alpha value is -1.12. The molecule has 5 heteroatoms. The molecule has 1 aliphatic carbocycles. The van der Waals surface area contributed by atoms with Crippen LogP contribution in [0.5, 0.6) is 0 Å². The van der Waals surface area contributed by atoms with Crippen molar-refractivity contribution >= 4 is 5.91 Å². The summed E-state index contributed by atoms with van der Waals surface area (Å²) >= 11 is 0. The molecular weight excluding hydrogens is 254 g/mol. The number of nitriles is 1. The molecule has 2 atom stereocenters. The van der Waals surface area contributed by atoms with Gasteiger partial charge in [0.15, 0.2) is 0 Å². The predicted octanol–water partition coefficient (Wildman–Crippen LogP) is 1.25. The van der Waals surface area contributed by atoms with Crippen molar-refractivity contribution in [2.24, 2.45) is 5.41 Å². The number of carbonyl (C=O) groups is 1. The Morgan fingerprint density at radius 3 is 2.65 bits per heavy atom. The second kappa shape index (κ2) is 6.11. The highest BCUT2D eigenvalue weighted by atomic mass is 16.5. The van der Waals surface area contributed by atoms with Gasteiger partial charge in [-0.3, -0.25) is 9.69 Å². The lowest BCUT2D eigenvalue weighted by molar-refractivity contribution is -0.138. The highest BCUT2D eigenvalue weighted by Gasteiger charge is 2.44. The van der Waals surface area contributed by atoms with Crippen LogP contribution in [0.15, 0.2) is 0 Å². The monoisotopic (exact) mass is 279 g/mol. The Morgan fingerprint density at radius 2 is 2.15 bits per heavy atom. The Labute approximate surface area is 121 Å². The zero-order valence-corrected chi connectivity index (χ0v) is 12.8. The van der Waals surface area contributed by atoms with Crippen molar-refractivity contribution in [3.05, 3.63) is 0 Å². The van der Waals surface area contributed by atoms with Gasteiger partial charge in [0.1, 0.15) is 5.41 Å². The zero-order valence-electron chi connectivity index (χ0n) is 12.8. The first-order chi connectivity index (χ1) is 9.52. The minimum atomic E-state index is -0.757. The molecule has 1 amide bonds. The van der Waals surface area contributed by atoms with Crippen LogP contribution in [0.25, 0.3) is 0 Å². The van der Waals surface area contributed by atoms with E-state index in [1.165, 1.54) is 0 Å². The molecule has 1 aliphatic heterocycles. The standard InChI is InChI=1S/C15H25N3O2/c1-17-10-13(20-3)8-12(17)9-18(2)14(19)15(11-16)6-4-5-7-15/h12-13H,4-10H2,1-3H3/t12-,13-/m0/s1. The summed E-state index contributed by atoms with van der Waals surface area (Å²) in [5.41, 5.74) is -0.757. The average Bonchev–Trinajstić information content (AvgIpc) is 3.06. The Balaban J connectivity index is 1.96. The van der Waals surface area contributed by atoms with Gasteiger partial charge in [-0.2, -0.15) is 5.26 Å². The van der Waals surface area contributed by atoms with Crippen LogP contribution in [-0.2, 0) is 9.53 Å². The minimum absolute atomic E-state index is 0.00627. The molecular formula is C15H25N3O2. The van der Waals surface area contributed by atoms with Gasteiger partial charge < -0.3 is 9.64 Å². The maximum Gasteiger partial charge on any atom is 0.242 e. The first-order valence-electron chi connectivity index (χ1n) is 7.42. The smallest absolute Gasteiger partial charge is 0.242 e. The van der Waals surface area contributed by atoms with Crippen molar-refractivity contribution in [2.45, 2.75) is 44.2 Å². The third kappa shape index (κ3) is 2.82. The van der Waals surface area contributed by atoms with Crippen molar-refractivity contribution in [1.82, 2.24) is 9.80 Å². The molecule has 1 heterocycles. The molecule has 0 aromatic rings. The number of likely N-dealkylation sites (N-methyl/N-ethyl adjacent to an activating group) is 2. The number of hydrogen-bond donors (Lipinski definition) is 0. The van der Waals surface area contributed by atoms with Gasteiger partial charge >= 0.3 is 0 Å². The van der Waals surface area contributed by atoms with Crippen LogP contribution in [0, 0.1) is 16.7 Å². The van der Waals surface area contributed by atoms with Gasteiger partial charge in [-0.25, -0.2) is 0 Å².